The molecule has 1 aromatic carbocycles. The lowest BCUT2D eigenvalue weighted by atomic mass is 10.1. The number of halogens is 1. The van der Waals surface area contributed by atoms with Crippen molar-refractivity contribution in [2.24, 2.45) is 0 Å². The summed E-state index contributed by atoms with van der Waals surface area (Å²) in [6.07, 6.45) is 2.33. The molecule has 1 heterocycles. The number of benzene rings is 1. The van der Waals surface area contributed by atoms with E-state index in [4.69, 9.17) is 16.1 Å². The van der Waals surface area contributed by atoms with Crippen LogP contribution in [0.4, 0.5) is 0 Å². The molecule has 0 bridgehead atoms. The summed E-state index contributed by atoms with van der Waals surface area (Å²) in [5.41, 5.74) is 0.833. The molecule has 1 saturated carbocycles. The first-order chi connectivity index (χ1) is 8.74. The number of aromatic nitrogens is 2. The molecule has 1 aliphatic carbocycles. The molecule has 5 heteroatoms. The Balaban J connectivity index is 1.89. The highest BCUT2D eigenvalue weighted by molar-refractivity contribution is 6.30. The molecule has 1 aliphatic rings. The zero-order chi connectivity index (χ0) is 12.5. The number of nitrogens with zero attached hydrogens (tertiary/aromatic N) is 2. The number of hydrogen-bond donors (Lipinski definition) is 0. The van der Waals surface area contributed by atoms with Gasteiger partial charge in [-0.25, -0.2) is 0 Å². The molecule has 2 aromatic rings. The number of ketones is 1. The van der Waals surface area contributed by atoms with Gasteiger partial charge in [0.05, 0.1) is 5.92 Å². The quantitative estimate of drug-likeness (QED) is 0.834. The molecule has 0 saturated heterocycles. The van der Waals surface area contributed by atoms with E-state index in [-0.39, 0.29) is 11.7 Å². The molecule has 4 nitrogen and oxygen atoms in total. The summed E-state index contributed by atoms with van der Waals surface area (Å²) >= 11 is 5.82. The van der Waals surface area contributed by atoms with Crippen LogP contribution < -0.4 is 0 Å². The zero-order valence-corrected chi connectivity index (χ0v) is 10.4. The Morgan fingerprint density at radius 3 is 2.72 bits per heavy atom. The van der Waals surface area contributed by atoms with Crippen LogP contribution in [-0.2, 0) is 4.79 Å². The van der Waals surface area contributed by atoms with Crippen LogP contribution in [0.3, 0.4) is 0 Å². The summed E-state index contributed by atoms with van der Waals surface area (Å²) in [4.78, 5) is 15.9. The van der Waals surface area contributed by atoms with Crippen molar-refractivity contribution in [2.75, 3.05) is 0 Å². The molecule has 18 heavy (non-hydrogen) atoms. The van der Waals surface area contributed by atoms with E-state index < -0.39 is 0 Å². The molecule has 1 atom stereocenters. The second-order valence-corrected chi connectivity index (χ2v) is 4.81. The van der Waals surface area contributed by atoms with Crippen molar-refractivity contribution in [2.45, 2.75) is 25.2 Å². The number of carbonyl (C=O) groups is 1. The minimum Gasteiger partial charge on any atom is -0.338 e. The average molecular weight is 263 g/mol. The lowest BCUT2D eigenvalue weighted by molar-refractivity contribution is -0.119. The van der Waals surface area contributed by atoms with E-state index in [1.165, 1.54) is 0 Å². The van der Waals surface area contributed by atoms with Gasteiger partial charge in [0.2, 0.25) is 11.7 Å². The summed E-state index contributed by atoms with van der Waals surface area (Å²) in [6, 6.07) is 7.20. The topological polar surface area (TPSA) is 56.0 Å². The van der Waals surface area contributed by atoms with E-state index in [9.17, 15) is 4.79 Å². The van der Waals surface area contributed by atoms with Crippen LogP contribution in [0.2, 0.25) is 5.02 Å². The fourth-order valence-corrected chi connectivity index (χ4v) is 2.30. The highest BCUT2D eigenvalue weighted by Crippen LogP contribution is 2.31. The molecular weight excluding hydrogens is 252 g/mol. The Kier molecular flexibility index (Phi) is 2.88. The molecular formula is C13H11ClN2O2. The van der Waals surface area contributed by atoms with Crippen molar-refractivity contribution in [1.82, 2.24) is 10.1 Å². The van der Waals surface area contributed by atoms with Gasteiger partial charge in [-0.2, -0.15) is 4.98 Å². The van der Waals surface area contributed by atoms with Crippen LogP contribution in [0.5, 0.6) is 0 Å². The molecule has 0 radical (unpaired) electrons. The van der Waals surface area contributed by atoms with Gasteiger partial charge in [-0.15, -0.1) is 0 Å². The molecule has 0 N–H and O–H groups in total. The minimum atomic E-state index is -0.210. The van der Waals surface area contributed by atoms with Gasteiger partial charge >= 0.3 is 0 Å². The smallest absolute Gasteiger partial charge is 0.237 e. The van der Waals surface area contributed by atoms with Crippen molar-refractivity contribution in [1.29, 1.82) is 0 Å². The van der Waals surface area contributed by atoms with Crippen LogP contribution in [-0.4, -0.2) is 15.9 Å². The van der Waals surface area contributed by atoms with Crippen molar-refractivity contribution >= 4 is 17.4 Å². The lowest BCUT2D eigenvalue weighted by Crippen LogP contribution is -2.04. The van der Waals surface area contributed by atoms with E-state index in [0.29, 0.717) is 23.2 Å². The maximum atomic E-state index is 11.6. The van der Waals surface area contributed by atoms with Gasteiger partial charge in [-0.05, 0) is 37.1 Å². The largest absolute Gasteiger partial charge is 0.338 e. The molecule has 1 fully saturated rings. The van der Waals surface area contributed by atoms with E-state index in [1.807, 2.05) is 12.1 Å². The van der Waals surface area contributed by atoms with E-state index in [1.54, 1.807) is 12.1 Å². The highest BCUT2D eigenvalue weighted by Gasteiger charge is 2.30. The highest BCUT2D eigenvalue weighted by atomic mass is 35.5. The van der Waals surface area contributed by atoms with Crippen LogP contribution in [0, 0.1) is 0 Å². The number of hydrogen-bond acceptors (Lipinski definition) is 4. The molecule has 1 aromatic heterocycles. The minimum absolute atomic E-state index is 0.196. The van der Waals surface area contributed by atoms with Gasteiger partial charge in [0.25, 0.3) is 0 Å². The van der Waals surface area contributed by atoms with Gasteiger partial charge in [0.15, 0.2) is 0 Å². The van der Waals surface area contributed by atoms with Gasteiger partial charge in [0, 0.05) is 17.0 Å². The first-order valence-corrected chi connectivity index (χ1v) is 6.24. The predicted octanol–water partition coefficient (Wildman–Crippen LogP) is 3.23. The van der Waals surface area contributed by atoms with Crippen molar-refractivity contribution in [3.63, 3.8) is 0 Å². The first kappa shape index (κ1) is 11.4. The normalized spacial score (nSPS) is 19.4. The van der Waals surface area contributed by atoms with Crippen LogP contribution >= 0.6 is 11.6 Å². The molecule has 0 spiro atoms. The maximum absolute atomic E-state index is 11.6. The summed E-state index contributed by atoms with van der Waals surface area (Å²) in [5, 5.41) is 4.57. The Morgan fingerprint density at radius 1 is 1.28 bits per heavy atom. The van der Waals surface area contributed by atoms with E-state index >= 15 is 0 Å². The SMILES string of the molecule is O=C1CCCC1c1nc(-c2ccc(Cl)cc2)no1. The second-order valence-electron chi connectivity index (χ2n) is 4.37. The fourth-order valence-electron chi connectivity index (χ4n) is 2.17. The monoisotopic (exact) mass is 262 g/mol. The number of Topliss-reactive ketones (excluding diaryl/α,β-unsaturated/α-hetero) is 1. The van der Waals surface area contributed by atoms with Crippen molar-refractivity contribution in [3.8, 4) is 11.4 Å². The molecule has 3 rings (SSSR count). The summed E-state index contributed by atoms with van der Waals surface area (Å²) in [6.45, 7) is 0. The number of carbonyl (C=O) groups excluding carboxylic acids is 1. The van der Waals surface area contributed by atoms with Gasteiger partial charge < -0.3 is 4.52 Å². The third-order valence-corrected chi connectivity index (χ3v) is 3.40. The maximum Gasteiger partial charge on any atom is 0.237 e. The van der Waals surface area contributed by atoms with Crippen molar-refractivity contribution < 1.29 is 9.32 Å². The predicted molar refractivity (Wildman–Crippen MR) is 66.3 cm³/mol. The third kappa shape index (κ3) is 2.04. The Hall–Kier alpha value is -1.68. The lowest BCUT2D eigenvalue weighted by Gasteiger charge is -1.98. The van der Waals surface area contributed by atoms with E-state index in [0.717, 1.165) is 18.4 Å². The second kappa shape index (κ2) is 4.53. The van der Waals surface area contributed by atoms with Gasteiger partial charge in [0.1, 0.15) is 5.78 Å². The summed E-state index contributed by atoms with van der Waals surface area (Å²) in [7, 11) is 0. The fraction of sp³-hybridized carbons (Fsp3) is 0.308. The zero-order valence-electron chi connectivity index (χ0n) is 9.60. The number of rotatable bonds is 2. The van der Waals surface area contributed by atoms with Gasteiger partial charge in [-0.1, -0.05) is 16.8 Å². The van der Waals surface area contributed by atoms with Gasteiger partial charge in [-0.3, -0.25) is 4.79 Å². The van der Waals surface area contributed by atoms with Crippen molar-refractivity contribution in [3.05, 3.63) is 35.2 Å². The van der Waals surface area contributed by atoms with Crippen LogP contribution in [0.15, 0.2) is 28.8 Å². The molecule has 0 aliphatic heterocycles. The Morgan fingerprint density at radius 2 is 2.06 bits per heavy atom. The van der Waals surface area contributed by atoms with Crippen LogP contribution in [0.1, 0.15) is 31.1 Å². The Bertz CT molecular complexity index is 577. The third-order valence-electron chi connectivity index (χ3n) is 3.15. The summed E-state index contributed by atoms with van der Waals surface area (Å²) < 4.78 is 5.19. The van der Waals surface area contributed by atoms with E-state index in [2.05, 4.69) is 10.1 Å². The standard InChI is InChI=1S/C13H11ClN2O2/c14-9-6-4-8(5-7-9)12-15-13(18-16-12)10-2-1-3-11(10)17/h4-7,10H,1-3H2. The Labute approximate surface area is 109 Å². The summed E-state index contributed by atoms with van der Waals surface area (Å²) in [5.74, 6) is 0.920. The average Bonchev–Trinajstić information content (AvgIpc) is 2.98. The molecule has 92 valence electrons. The first-order valence-electron chi connectivity index (χ1n) is 5.86. The molecule has 0 amide bonds. The van der Waals surface area contributed by atoms with Crippen LogP contribution in [0.25, 0.3) is 11.4 Å². The molecule has 1 unspecified atom stereocenters.